The van der Waals surface area contributed by atoms with Crippen LogP contribution in [0.15, 0.2) is 29.2 Å². The van der Waals surface area contributed by atoms with E-state index in [1.54, 1.807) is 12.1 Å². The molecule has 0 aliphatic rings. The van der Waals surface area contributed by atoms with Gasteiger partial charge in [-0.15, -0.1) is 0 Å². The minimum Gasteiger partial charge on any atom is -0.491 e. The van der Waals surface area contributed by atoms with Crippen LogP contribution < -0.4 is 4.74 Å². The molecule has 7 heteroatoms. The first-order valence-corrected chi connectivity index (χ1v) is 7.62. The highest BCUT2D eigenvalue weighted by Gasteiger charge is 2.21. The lowest BCUT2D eigenvalue weighted by molar-refractivity contribution is -0.137. The van der Waals surface area contributed by atoms with E-state index in [2.05, 4.69) is 0 Å². The van der Waals surface area contributed by atoms with Gasteiger partial charge in [-0.2, -0.15) is 0 Å². The van der Waals surface area contributed by atoms with Crippen molar-refractivity contribution in [1.82, 2.24) is 4.31 Å². The number of sulfonamides is 1. The smallest absolute Gasteiger partial charge is 0.304 e. The molecule has 0 bridgehead atoms. The molecule has 0 radical (unpaired) electrons. The highest BCUT2D eigenvalue weighted by Crippen LogP contribution is 2.19. The Kier molecular flexibility index (Phi) is 5.52. The summed E-state index contributed by atoms with van der Waals surface area (Å²) in [6.07, 6.45) is -0.222. The molecule has 0 saturated heterocycles. The van der Waals surface area contributed by atoms with E-state index in [1.807, 2.05) is 13.8 Å². The summed E-state index contributed by atoms with van der Waals surface area (Å²) in [7, 11) is -2.31. The predicted octanol–water partition coefficient (Wildman–Crippen LogP) is 1.57. The summed E-state index contributed by atoms with van der Waals surface area (Å²) in [6, 6.07) is 6.06. The summed E-state index contributed by atoms with van der Waals surface area (Å²) in [4.78, 5) is 10.6. The van der Waals surface area contributed by atoms with E-state index >= 15 is 0 Å². The average molecular weight is 301 g/mol. The standard InChI is InChI=1S/C13H19NO5S/c1-10(2)19-11-4-6-12(7-5-11)20(17,18)14(3)9-8-13(15)16/h4-7,10H,8-9H2,1-3H3,(H,15,16). The Bertz CT molecular complexity index is 551. The number of carbonyl (C=O) groups is 1. The summed E-state index contributed by atoms with van der Waals surface area (Å²) >= 11 is 0. The molecule has 1 aromatic carbocycles. The Morgan fingerprint density at radius 3 is 2.30 bits per heavy atom. The van der Waals surface area contributed by atoms with Crippen LogP contribution in [-0.4, -0.2) is 43.5 Å². The number of hydrogen-bond donors (Lipinski definition) is 1. The highest BCUT2D eigenvalue weighted by atomic mass is 32.2. The zero-order valence-electron chi connectivity index (χ0n) is 11.7. The highest BCUT2D eigenvalue weighted by molar-refractivity contribution is 7.89. The maximum atomic E-state index is 12.2. The average Bonchev–Trinajstić information content (AvgIpc) is 2.35. The van der Waals surface area contributed by atoms with E-state index in [0.29, 0.717) is 5.75 Å². The van der Waals surface area contributed by atoms with Crippen LogP contribution in [0, 0.1) is 0 Å². The summed E-state index contributed by atoms with van der Waals surface area (Å²) in [5.41, 5.74) is 0. The number of rotatable bonds is 7. The molecule has 112 valence electrons. The number of hydrogen-bond acceptors (Lipinski definition) is 4. The van der Waals surface area contributed by atoms with Crippen molar-refractivity contribution >= 4 is 16.0 Å². The normalized spacial score (nSPS) is 11.8. The van der Waals surface area contributed by atoms with E-state index in [4.69, 9.17) is 9.84 Å². The van der Waals surface area contributed by atoms with E-state index < -0.39 is 16.0 Å². The Balaban J connectivity index is 2.84. The van der Waals surface area contributed by atoms with Crippen LogP contribution in [0.3, 0.4) is 0 Å². The van der Waals surface area contributed by atoms with Gasteiger partial charge in [-0.1, -0.05) is 0 Å². The van der Waals surface area contributed by atoms with E-state index in [1.165, 1.54) is 19.2 Å². The first-order valence-electron chi connectivity index (χ1n) is 6.18. The monoisotopic (exact) mass is 301 g/mol. The summed E-state index contributed by atoms with van der Waals surface area (Å²) < 4.78 is 30.8. The van der Waals surface area contributed by atoms with Crippen LogP contribution in [0.5, 0.6) is 5.75 Å². The Morgan fingerprint density at radius 2 is 1.85 bits per heavy atom. The van der Waals surface area contributed by atoms with Crippen molar-refractivity contribution in [2.24, 2.45) is 0 Å². The van der Waals surface area contributed by atoms with Crippen molar-refractivity contribution in [2.75, 3.05) is 13.6 Å². The lowest BCUT2D eigenvalue weighted by Crippen LogP contribution is -2.29. The number of nitrogens with zero attached hydrogens (tertiary/aromatic N) is 1. The van der Waals surface area contributed by atoms with Gasteiger partial charge in [0.05, 0.1) is 17.4 Å². The molecule has 0 heterocycles. The van der Waals surface area contributed by atoms with Crippen molar-refractivity contribution in [3.8, 4) is 5.75 Å². The quantitative estimate of drug-likeness (QED) is 0.826. The fourth-order valence-electron chi connectivity index (χ4n) is 1.52. The zero-order valence-corrected chi connectivity index (χ0v) is 12.6. The lowest BCUT2D eigenvalue weighted by Gasteiger charge is -2.16. The number of carboxylic acid groups (broad SMARTS) is 1. The summed E-state index contributed by atoms with van der Waals surface area (Å²) in [6.45, 7) is 3.69. The van der Waals surface area contributed by atoms with Crippen LogP contribution in [0.2, 0.25) is 0 Å². The van der Waals surface area contributed by atoms with Crippen LogP contribution in [0.1, 0.15) is 20.3 Å². The van der Waals surface area contributed by atoms with E-state index in [-0.39, 0.29) is 24.0 Å². The first-order chi connectivity index (χ1) is 9.23. The molecule has 0 amide bonds. The number of aliphatic carboxylic acids is 1. The van der Waals surface area contributed by atoms with Crippen LogP contribution in [0.25, 0.3) is 0 Å². The minimum absolute atomic E-state index is 0.00990. The zero-order chi connectivity index (χ0) is 15.3. The molecule has 1 rings (SSSR count). The van der Waals surface area contributed by atoms with Gasteiger partial charge in [-0.05, 0) is 38.1 Å². The topological polar surface area (TPSA) is 83.9 Å². The molecular formula is C13H19NO5S. The Morgan fingerprint density at radius 1 is 1.30 bits per heavy atom. The van der Waals surface area contributed by atoms with Crippen molar-refractivity contribution in [3.05, 3.63) is 24.3 Å². The molecule has 1 N–H and O–H groups in total. The summed E-state index contributed by atoms with van der Waals surface area (Å²) in [5, 5.41) is 8.58. The second kappa shape index (κ2) is 6.71. The maximum absolute atomic E-state index is 12.2. The van der Waals surface area contributed by atoms with E-state index in [0.717, 1.165) is 4.31 Å². The Labute approximate surface area is 119 Å². The number of carboxylic acids is 1. The molecule has 6 nitrogen and oxygen atoms in total. The predicted molar refractivity (Wildman–Crippen MR) is 74.3 cm³/mol. The van der Waals surface area contributed by atoms with Crippen LogP contribution >= 0.6 is 0 Å². The lowest BCUT2D eigenvalue weighted by atomic mass is 10.3. The number of benzene rings is 1. The van der Waals surface area contributed by atoms with E-state index in [9.17, 15) is 13.2 Å². The third-order valence-electron chi connectivity index (χ3n) is 2.54. The maximum Gasteiger partial charge on any atom is 0.304 e. The second-order valence-electron chi connectivity index (χ2n) is 4.61. The van der Waals surface area contributed by atoms with Gasteiger partial charge in [0.15, 0.2) is 0 Å². The van der Waals surface area contributed by atoms with Gasteiger partial charge in [-0.25, -0.2) is 12.7 Å². The minimum atomic E-state index is -3.67. The van der Waals surface area contributed by atoms with Gasteiger partial charge >= 0.3 is 5.97 Å². The molecular weight excluding hydrogens is 282 g/mol. The van der Waals surface area contributed by atoms with Gasteiger partial charge in [-0.3, -0.25) is 4.79 Å². The second-order valence-corrected chi connectivity index (χ2v) is 6.65. The molecule has 20 heavy (non-hydrogen) atoms. The van der Waals surface area contributed by atoms with Gasteiger partial charge in [0.2, 0.25) is 10.0 Å². The van der Waals surface area contributed by atoms with Crippen LogP contribution in [0.4, 0.5) is 0 Å². The Hall–Kier alpha value is -1.60. The van der Waals surface area contributed by atoms with Crippen molar-refractivity contribution in [2.45, 2.75) is 31.3 Å². The molecule has 0 aromatic heterocycles. The number of ether oxygens (including phenoxy) is 1. The largest absolute Gasteiger partial charge is 0.491 e. The van der Waals surface area contributed by atoms with Gasteiger partial charge in [0, 0.05) is 13.6 Å². The first kappa shape index (κ1) is 16.5. The third kappa shape index (κ3) is 4.50. The summed E-state index contributed by atoms with van der Waals surface area (Å²) in [5.74, 6) is -0.445. The third-order valence-corrected chi connectivity index (χ3v) is 4.42. The van der Waals surface area contributed by atoms with Gasteiger partial charge in [0.1, 0.15) is 5.75 Å². The fourth-order valence-corrected chi connectivity index (χ4v) is 2.69. The SMILES string of the molecule is CC(C)Oc1ccc(S(=O)(=O)N(C)CCC(=O)O)cc1. The van der Waals surface area contributed by atoms with Crippen molar-refractivity contribution in [3.63, 3.8) is 0 Å². The fraction of sp³-hybridized carbons (Fsp3) is 0.462. The molecule has 0 aliphatic heterocycles. The van der Waals surface area contributed by atoms with Crippen molar-refractivity contribution < 1.29 is 23.1 Å². The molecule has 1 aromatic rings. The molecule has 0 fully saturated rings. The molecule has 0 saturated carbocycles. The molecule has 0 spiro atoms. The van der Waals surface area contributed by atoms with Gasteiger partial charge < -0.3 is 9.84 Å². The molecule has 0 unspecified atom stereocenters. The molecule has 0 atom stereocenters. The van der Waals surface area contributed by atoms with Crippen molar-refractivity contribution in [1.29, 1.82) is 0 Å². The molecule has 0 aliphatic carbocycles. The van der Waals surface area contributed by atoms with Gasteiger partial charge in [0.25, 0.3) is 0 Å². The van der Waals surface area contributed by atoms with Crippen LogP contribution in [-0.2, 0) is 14.8 Å².